The molecule has 20 N–H and O–H groups in total. The quantitative estimate of drug-likeness (QED) is 0.109. The van der Waals surface area contributed by atoms with Crippen molar-refractivity contribution in [3.8, 4) is 0 Å². The largest absolute Gasteiger partial charge is 0.394 e. The number of aliphatic hydroxyl groups excluding tert-OH is 14. The second-order valence-corrected chi connectivity index (χ2v) is 13.0. The average Bonchev–Trinajstić information content (AvgIpc) is 3.09. The second-order valence-electron chi connectivity index (χ2n) is 13.0. The molecule has 20 atom stereocenters. The third kappa shape index (κ3) is 5.33. The molecule has 51 heavy (non-hydrogen) atoms. The first-order chi connectivity index (χ1) is 23.4. The first-order valence-corrected chi connectivity index (χ1v) is 15.3. The van der Waals surface area contributed by atoms with Crippen molar-refractivity contribution in [2.45, 2.75) is 127 Å². The summed E-state index contributed by atoms with van der Waals surface area (Å²) in [5.74, 6) is -20.1. The number of carbonyl (C=O) groups excluding carboxylic acids is 1. The lowest BCUT2D eigenvalue weighted by Crippen LogP contribution is -3.02. The Labute approximate surface area is 285 Å². The van der Waals surface area contributed by atoms with Gasteiger partial charge >= 0.3 is 0 Å². The summed E-state index contributed by atoms with van der Waals surface area (Å²) >= 11 is 0. The molecule has 25 nitrogen and oxygen atoms in total. The number of amides is 1. The Morgan fingerprint density at radius 2 is 0.824 bits per heavy atom. The van der Waals surface area contributed by atoms with E-state index in [1.165, 1.54) is 0 Å². The van der Waals surface area contributed by atoms with E-state index in [9.17, 15) is 102 Å². The molecule has 4 aliphatic heterocycles. The van der Waals surface area contributed by atoms with Crippen molar-refractivity contribution in [1.29, 1.82) is 0 Å². The lowest BCUT2D eigenvalue weighted by molar-refractivity contribution is -0.558. The molecule has 25 heteroatoms. The zero-order chi connectivity index (χ0) is 39.0. The summed E-state index contributed by atoms with van der Waals surface area (Å²) < 4.78 is 20.9. The van der Waals surface area contributed by atoms with Gasteiger partial charge in [0.25, 0.3) is 11.6 Å². The summed E-state index contributed by atoms with van der Waals surface area (Å²) in [4.78, 5) is 13.2. The fraction of sp³-hybridized carbons (Fsp3) is 0.962. The highest BCUT2D eigenvalue weighted by atomic mass is 16.8. The SMILES string of the molecule is CC(=O)N[C@@]1([C@@]2(O)O[C@H](CO)[C@@H](O)[C@H](O)[C@@H]2O)C(O)([C@@]2(O)O[C@H](CO)[C@@H](O)[C@H](O)[C@@H]2O)O[C@H](CO)[C@@H](O)[C@]1(O)[C@@]1(O)O[C@H](CO)[C@@H](O)[C@H](O)[C@@H]1O. The Morgan fingerprint density at radius 3 is 1.20 bits per heavy atom. The molecular weight excluding hydrogens is 710 g/mol. The molecule has 4 aliphatic rings. The van der Waals surface area contributed by atoms with Gasteiger partial charge in [-0.05, 0) is 0 Å². The van der Waals surface area contributed by atoms with Crippen LogP contribution < -0.4 is 5.32 Å². The Balaban J connectivity index is 2.29. The van der Waals surface area contributed by atoms with Crippen molar-refractivity contribution in [3.63, 3.8) is 0 Å². The molecule has 1 amide bonds. The van der Waals surface area contributed by atoms with Crippen LogP contribution in [0, 0.1) is 0 Å². The molecule has 1 unspecified atom stereocenters. The van der Waals surface area contributed by atoms with E-state index in [1.807, 2.05) is 0 Å². The van der Waals surface area contributed by atoms with Crippen LogP contribution in [0.3, 0.4) is 0 Å². The van der Waals surface area contributed by atoms with Gasteiger partial charge in [-0.25, -0.2) is 0 Å². The van der Waals surface area contributed by atoms with Crippen molar-refractivity contribution in [3.05, 3.63) is 0 Å². The van der Waals surface area contributed by atoms with Crippen LogP contribution in [0.2, 0.25) is 0 Å². The van der Waals surface area contributed by atoms with Gasteiger partial charge in [-0.15, -0.1) is 0 Å². The molecular formula is C26H45NO24. The van der Waals surface area contributed by atoms with E-state index in [2.05, 4.69) is 0 Å². The Hall–Kier alpha value is -1.45. The normalized spacial score (nSPS) is 56.8. The number of rotatable bonds is 8. The lowest BCUT2D eigenvalue weighted by atomic mass is 9.53. The molecule has 0 spiro atoms. The Kier molecular flexibility index (Phi) is 11.6. The molecule has 4 rings (SSSR count). The summed E-state index contributed by atoms with van der Waals surface area (Å²) in [5, 5.41) is 213. The van der Waals surface area contributed by atoms with Crippen molar-refractivity contribution in [2.75, 3.05) is 26.4 Å². The third-order valence-corrected chi connectivity index (χ3v) is 10.2. The topological polar surface area (TPSA) is 450 Å². The van der Waals surface area contributed by atoms with Crippen LogP contribution >= 0.6 is 0 Å². The van der Waals surface area contributed by atoms with Crippen LogP contribution in [-0.2, 0) is 23.7 Å². The molecule has 0 aliphatic carbocycles. The van der Waals surface area contributed by atoms with Gasteiger partial charge in [0.05, 0.1) is 26.4 Å². The van der Waals surface area contributed by atoms with Gasteiger partial charge < -0.3 is 121 Å². The monoisotopic (exact) mass is 755 g/mol. The number of aliphatic hydroxyl groups is 19. The number of nitrogens with one attached hydrogen (secondary N) is 1. The number of ether oxygens (including phenoxy) is 4. The summed E-state index contributed by atoms with van der Waals surface area (Å²) in [6.45, 7) is -5.60. The molecule has 298 valence electrons. The van der Waals surface area contributed by atoms with Gasteiger partial charge in [-0.3, -0.25) is 4.79 Å². The van der Waals surface area contributed by atoms with Gasteiger partial charge in [0.2, 0.25) is 17.5 Å². The minimum atomic E-state index is -4.84. The average molecular weight is 756 g/mol. The minimum Gasteiger partial charge on any atom is -0.394 e. The van der Waals surface area contributed by atoms with E-state index in [-0.39, 0.29) is 0 Å². The van der Waals surface area contributed by atoms with Gasteiger partial charge in [0.1, 0.15) is 85.5 Å². The molecule has 4 fully saturated rings. The zero-order valence-corrected chi connectivity index (χ0v) is 26.4. The van der Waals surface area contributed by atoms with E-state index < -0.39 is 152 Å². The maximum Gasteiger partial charge on any atom is 0.257 e. The first-order valence-electron chi connectivity index (χ1n) is 15.3. The van der Waals surface area contributed by atoms with Crippen molar-refractivity contribution in [1.82, 2.24) is 5.32 Å². The number of carbonyl (C=O) groups is 1. The van der Waals surface area contributed by atoms with Crippen LogP contribution in [-0.4, -0.2) is 249 Å². The fourth-order valence-electron chi connectivity index (χ4n) is 7.51. The predicted molar refractivity (Wildman–Crippen MR) is 149 cm³/mol. The molecule has 4 saturated heterocycles. The van der Waals surface area contributed by atoms with Crippen LogP contribution in [0.4, 0.5) is 0 Å². The molecule has 0 bridgehead atoms. The van der Waals surface area contributed by atoms with Crippen LogP contribution in [0.1, 0.15) is 6.92 Å². The molecule has 0 radical (unpaired) electrons. The molecule has 0 aromatic carbocycles. The minimum absolute atomic E-state index is 0.454. The van der Waals surface area contributed by atoms with E-state index in [0.29, 0.717) is 6.92 Å². The highest BCUT2D eigenvalue weighted by Gasteiger charge is 2.93. The summed E-state index contributed by atoms with van der Waals surface area (Å²) in [6.07, 6.45) is -38.9. The van der Waals surface area contributed by atoms with Crippen LogP contribution in [0.25, 0.3) is 0 Å². The highest BCUT2D eigenvalue weighted by molar-refractivity contribution is 5.75. The van der Waals surface area contributed by atoms with Crippen LogP contribution in [0.15, 0.2) is 0 Å². The molecule has 0 aromatic rings. The Morgan fingerprint density at radius 1 is 0.490 bits per heavy atom. The van der Waals surface area contributed by atoms with Crippen LogP contribution in [0.5, 0.6) is 0 Å². The number of hydrogen-bond donors (Lipinski definition) is 20. The standard InChI is InChI=1S/C26H45NO24/c1-6(32)27-25(23(45)19(41)15(37)12(34)8(3-29)49-23)21(43,22(44)18(40)14(36)11(33)7(2-28)48-22)17(39)10(5-31)51-26(25,47)24(46)20(42)16(38)13(35)9(4-30)50-24/h7-20,28-31,33-47H,2-5H2,1H3,(H,27,32)/t7-,8-,9-,10-,11-,12-,13-,14+,15+,16+,17-,18+,19+,20+,21+,22+,23+,24+,25+,26?/m1/s1. The maximum atomic E-state index is 13.2. The van der Waals surface area contributed by atoms with E-state index in [1.54, 1.807) is 5.32 Å². The van der Waals surface area contributed by atoms with Gasteiger partial charge in [-0.1, -0.05) is 0 Å². The van der Waals surface area contributed by atoms with Crippen molar-refractivity contribution < 1.29 is 121 Å². The molecule has 0 saturated carbocycles. The van der Waals surface area contributed by atoms with E-state index in [0.717, 1.165) is 0 Å². The summed E-state index contributed by atoms with van der Waals surface area (Å²) in [7, 11) is 0. The van der Waals surface area contributed by atoms with Crippen molar-refractivity contribution in [2.24, 2.45) is 0 Å². The van der Waals surface area contributed by atoms with E-state index >= 15 is 0 Å². The zero-order valence-electron chi connectivity index (χ0n) is 26.4. The second kappa shape index (κ2) is 14.0. The molecule has 4 heterocycles. The Bertz CT molecular complexity index is 1260. The van der Waals surface area contributed by atoms with Crippen molar-refractivity contribution >= 4 is 5.91 Å². The fourth-order valence-corrected chi connectivity index (χ4v) is 7.51. The third-order valence-electron chi connectivity index (χ3n) is 10.2. The smallest absolute Gasteiger partial charge is 0.257 e. The van der Waals surface area contributed by atoms with Gasteiger partial charge in [0.15, 0.2) is 11.1 Å². The first kappa shape index (κ1) is 42.3. The predicted octanol–water partition coefficient (Wildman–Crippen LogP) is -13.5. The van der Waals surface area contributed by atoms with Gasteiger partial charge in [-0.2, -0.15) is 0 Å². The lowest BCUT2D eigenvalue weighted by Gasteiger charge is -2.72. The summed E-state index contributed by atoms with van der Waals surface area (Å²) in [5.41, 5.74) is -9.56. The number of hydrogen-bond acceptors (Lipinski definition) is 24. The molecule has 0 aromatic heterocycles. The van der Waals surface area contributed by atoms with Gasteiger partial charge in [0, 0.05) is 6.92 Å². The van der Waals surface area contributed by atoms with E-state index in [4.69, 9.17) is 18.9 Å². The summed E-state index contributed by atoms with van der Waals surface area (Å²) in [6, 6.07) is 0. The maximum absolute atomic E-state index is 13.2. The highest BCUT2D eigenvalue weighted by Crippen LogP contribution is 2.62.